The maximum Gasteiger partial charge on any atom is 0.326 e. The molecule has 10 nitrogen and oxygen atoms in total. The lowest BCUT2D eigenvalue weighted by Gasteiger charge is -2.27. The standard InChI is InChI=1S/C18H34N4O6S/c1-6-9(2)14(22-16(25)13(19)11(4)23)17(26)20-10(3)15(24)21-12(18(27)28)7-8-29-5/h9-14,23H,6-8,19H2,1-5H3,(H,20,26)(H,21,24)(H,22,25)(H,27,28). The highest BCUT2D eigenvalue weighted by Gasteiger charge is 2.31. The summed E-state index contributed by atoms with van der Waals surface area (Å²) in [7, 11) is 0. The number of nitrogens with two attached hydrogens (primary N) is 1. The molecular weight excluding hydrogens is 400 g/mol. The van der Waals surface area contributed by atoms with E-state index >= 15 is 0 Å². The van der Waals surface area contributed by atoms with Crippen LogP contribution in [0.25, 0.3) is 0 Å². The summed E-state index contributed by atoms with van der Waals surface area (Å²) in [5.74, 6) is -2.76. The monoisotopic (exact) mass is 434 g/mol. The van der Waals surface area contributed by atoms with Crippen LogP contribution in [0, 0.1) is 5.92 Å². The molecule has 0 aliphatic carbocycles. The molecule has 0 saturated carbocycles. The molecule has 29 heavy (non-hydrogen) atoms. The van der Waals surface area contributed by atoms with Gasteiger partial charge in [-0.05, 0) is 38.2 Å². The molecule has 0 aliphatic heterocycles. The zero-order valence-corrected chi connectivity index (χ0v) is 18.4. The third kappa shape index (κ3) is 9.46. The van der Waals surface area contributed by atoms with Gasteiger partial charge in [0, 0.05) is 0 Å². The molecule has 0 heterocycles. The minimum Gasteiger partial charge on any atom is -0.480 e. The number of carboxylic acids is 1. The first-order chi connectivity index (χ1) is 13.5. The van der Waals surface area contributed by atoms with Crippen molar-refractivity contribution in [2.75, 3.05) is 12.0 Å². The molecule has 0 rings (SSSR count). The number of hydrogen-bond donors (Lipinski definition) is 6. The molecular formula is C18H34N4O6S. The summed E-state index contributed by atoms with van der Waals surface area (Å²) < 4.78 is 0. The fourth-order valence-electron chi connectivity index (χ4n) is 2.33. The Morgan fingerprint density at radius 3 is 2.03 bits per heavy atom. The van der Waals surface area contributed by atoms with Gasteiger partial charge < -0.3 is 31.9 Å². The van der Waals surface area contributed by atoms with E-state index in [1.807, 2.05) is 13.2 Å². The van der Waals surface area contributed by atoms with Crippen molar-refractivity contribution in [1.82, 2.24) is 16.0 Å². The van der Waals surface area contributed by atoms with E-state index in [-0.39, 0.29) is 12.3 Å². The van der Waals surface area contributed by atoms with Gasteiger partial charge in [0.15, 0.2) is 0 Å². The number of aliphatic carboxylic acids is 1. The molecule has 0 aromatic heterocycles. The minimum absolute atomic E-state index is 0.256. The van der Waals surface area contributed by atoms with Crippen LogP contribution in [0.4, 0.5) is 0 Å². The number of rotatable bonds is 13. The van der Waals surface area contributed by atoms with E-state index in [0.717, 1.165) is 0 Å². The average molecular weight is 435 g/mol. The van der Waals surface area contributed by atoms with Crippen molar-refractivity contribution in [3.8, 4) is 0 Å². The number of aliphatic hydroxyl groups is 1. The van der Waals surface area contributed by atoms with Crippen LogP contribution in [0.3, 0.4) is 0 Å². The summed E-state index contributed by atoms with van der Waals surface area (Å²) in [5.41, 5.74) is 5.61. The molecule has 11 heteroatoms. The SMILES string of the molecule is CCC(C)C(NC(=O)C(N)C(C)O)C(=O)NC(C)C(=O)NC(CCSC)C(=O)O. The van der Waals surface area contributed by atoms with E-state index in [4.69, 9.17) is 5.73 Å². The number of nitrogens with one attached hydrogen (secondary N) is 3. The number of aliphatic hydroxyl groups excluding tert-OH is 1. The number of amides is 3. The summed E-state index contributed by atoms with van der Waals surface area (Å²) in [6.07, 6.45) is 1.57. The van der Waals surface area contributed by atoms with Crippen molar-refractivity contribution in [1.29, 1.82) is 0 Å². The van der Waals surface area contributed by atoms with Gasteiger partial charge in [-0.3, -0.25) is 14.4 Å². The first-order valence-electron chi connectivity index (χ1n) is 9.52. The van der Waals surface area contributed by atoms with Gasteiger partial charge in [-0.25, -0.2) is 4.79 Å². The van der Waals surface area contributed by atoms with Crippen LogP contribution in [0.15, 0.2) is 0 Å². The second-order valence-electron chi connectivity index (χ2n) is 7.05. The Morgan fingerprint density at radius 1 is 1.00 bits per heavy atom. The minimum atomic E-state index is -1.19. The van der Waals surface area contributed by atoms with Gasteiger partial charge in [0.1, 0.15) is 24.2 Å². The molecule has 7 N–H and O–H groups in total. The maximum atomic E-state index is 12.6. The van der Waals surface area contributed by atoms with Crippen molar-refractivity contribution in [2.45, 2.75) is 70.8 Å². The molecule has 3 amide bonds. The van der Waals surface area contributed by atoms with E-state index in [9.17, 15) is 29.4 Å². The average Bonchev–Trinajstić information content (AvgIpc) is 2.66. The van der Waals surface area contributed by atoms with Crippen molar-refractivity contribution in [2.24, 2.45) is 11.7 Å². The quantitative estimate of drug-likeness (QED) is 0.215. The summed E-state index contributed by atoms with van der Waals surface area (Å²) in [4.78, 5) is 48.4. The fourth-order valence-corrected chi connectivity index (χ4v) is 2.80. The summed E-state index contributed by atoms with van der Waals surface area (Å²) in [5, 5.41) is 26.1. The van der Waals surface area contributed by atoms with E-state index in [0.29, 0.717) is 12.2 Å². The largest absolute Gasteiger partial charge is 0.480 e. The highest BCUT2D eigenvalue weighted by molar-refractivity contribution is 7.98. The summed E-state index contributed by atoms with van der Waals surface area (Å²) in [6.45, 7) is 6.39. The number of carbonyl (C=O) groups excluding carboxylic acids is 3. The number of carbonyl (C=O) groups is 4. The van der Waals surface area contributed by atoms with E-state index < -0.39 is 54.0 Å². The van der Waals surface area contributed by atoms with Gasteiger partial charge in [0.05, 0.1) is 6.10 Å². The normalized spacial score (nSPS) is 17.2. The molecule has 0 saturated heterocycles. The summed E-state index contributed by atoms with van der Waals surface area (Å²) in [6, 6.07) is -4.21. The Morgan fingerprint density at radius 2 is 1.59 bits per heavy atom. The first-order valence-corrected chi connectivity index (χ1v) is 10.9. The van der Waals surface area contributed by atoms with Crippen LogP contribution < -0.4 is 21.7 Å². The van der Waals surface area contributed by atoms with Crippen LogP contribution in [-0.4, -0.2) is 76.2 Å². The van der Waals surface area contributed by atoms with E-state index in [2.05, 4.69) is 16.0 Å². The van der Waals surface area contributed by atoms with Gasteiger partial charge in [-0.1, -0.05) is 20.3 Å². The molecule has 0 fully saturated rings. The van der Waals surface area contributed by atoms with Crippen LogP contribution in [0.1, 0.15) is 40.5 Å². The second kappa shape index (κ2) is 13.4. The third-order valence-electron chi connectivity index (χ3n) is 4.59. The van der Waals surface area contributed by atoms with E-state index in [1.165, 1.54) is 25.6 Å². The predicted octanol–water partition coefficient (Wildman–Crippen LogP) is -0.947. The molecule has 168 valence electrons. The van der Waals surface area contributed by atoms with Gasteiger partial charge >= 0.3 is 5.97 Å². The molecule has 0 aromatic rings. The van der Waals surface area contributed by atoms with E-state index in [1.54, 1.807) is 6.92 Å². The number of thioether (sulfide) groups is 1. The van der Waals surface area contributed by atoms with Crippen molar-refractivity contribution < 1.29 is 29.4 Å². The van der Waals surface area contributed by atoms with Gasteiger partial charge in [0.25, 0.3) is 0 Å². The maximum absolute atomic E-state index is 12.6. The molecule has 0 spiro atoms. The fraction of sp³-hybridized carbons (Fsp3) is 0.778. The lowest BCUT2D eigenvalue weighted by Crippen LogP contribution is -2.59. The van der Waals surface area contributed by atoms with Crippen LogP contribution in [0.2, 0.25) is 0 Å². The molecule has 0 aliphatic rings. The van der Waals surface area contributed by atoms with Crippen molar-refractivity contribution in [3.63, 3.8) is 0 Å². The lowest BCUT2D eigenvalue weighted by molar-refractivity contribution is -0.142. The lowest BCUT2D eigenvalue weighted by atomic mass is 9.97. The Kier molecular flexibility index (Phi) is 12.5. The highest BCUT2D eigenvalue weighted by Crippen LogP contribution is 2.09. The smallest absolute Gasteiger partial charge is 0.326 e. The number of carboxylic acid groups (broad SMARTS) is 1. The van der Waals surface area contributed by atoms with Crippen molar-refractivity contribution >= 4 is 35.5 Å². The Labute approximate surface area is 175 Å². The molecule has 0 aromatic carbocycles. The zero-order chi connectivity index (χ0) is 22.7. The van der Waals surface area contributed by atoms with Crippen LogP contribution in [0.5, 0.6) is 0 Å². The topological polar surface area (TPSA) is 171 Å². The Balaban J connectivity index is 5.07. The molecule has 6 unspecified atom stereocenters. The highest BCUT2D eigenvalue weighted by atomic mass is 32.2. The molecule has 0 radical (unpaired) electrons. The molecule has 6 atom stereocenters. The van der Waals surface area contributed by atoms with Gasteiger partial charge in [-0.2, -0.15) is 11.8 Å². The van der Waals surface area contributed by atoms with Crippen molar-refractivity contribution in [3.05, 3.63) is 0 Å². The molecule has 0 bridgehead atoms. The predicted molar refractivity (Wildman–Crippen MR) is 111 cm³/mol. The first kappa shape index (κ1) is 27.1. The Bertz CT molecular complexity index is 575. The van der Waals surface area contributed by atoms with Gasteiger partial charge in [0.2, 0.25) is 17.7 Å². The summed E-state index contributed by atoms with van der Waals surface area (Å²) >= 11 is 1.46. The zero-order valence-electron chi connectivity index (χ0n) is 17.6. The van der Waals surface area contributed by atoms with Crippen LogP contribution in [-0.2, 0) is 19.2 Å². The van der Waals surface area contributed by atoms with Crippen LogP contribution >= 0.6 is 11.8 Å². The van der Waals surface area contributed by atoms with Gasteiger partial charge in [-0.15, -0.1) is 0 Å². The third-order valence-corrected chi connectivity index (χ3v) is 5.24. The Hall–Kier alpha value is -1.85. The second-order valence-corrected chi connectivity index (χ2v) is 8.03. The number of hydrogen-bond acceptors (Lipinski definition) is 7.